The lowest BCUT2D eigenvalue weighted by atomic mass is 9.92. The van der Waals surface area contributed by atoms with Gasteiger partial charge in [0.1, 0.15) is 0 Å². The van der Waals surface area contributed by atoms with Crippen LogP contribution in [0.3, 0.4) is 0 Å². The van der Waals surface area contributed by atoms with E-state index in [1.54, 1.807) is 0 Å². The van der Waals surface area contributed by atoms with Crippen molar-refractivity contribution in [2.45, 2.75) is 44.9 Å². The number of carbonyl (C=O) groups excluding carboxylic acids is 1. The van der Waals surface area contributed by atoms with Crippen LogP contribution in [0.5, 0.6) is 0 Å². The number of fused-ring (bicyclic) bond motifs is 2. The van der Waals surface area contributed by atoms with Gasteiger partial charge in [-0.25, -0.2) is 0 Å². The molecule has 4 rings (SSSR count). The van der Waals surface area contributed by atoms with Crippen LogP contribution in [0.1, 0.15) is 43.4 Å². The van der Waals surface area contributed by atoms with Gasteiger partial charge in [0.2, 0.25) is 5.91 Å². The number of amides is 1. The molecule has 1 fully saturated rings. The quantitative estimate of drug-likeness (QED) is 0.940. The summed E-state index contributed by atoms with van der Waals surface area (Å²) in [6, 6.07) is 8.17. The minimum Gasteiger partial charge on any atom is -0.324 e. The molecule has 2 heterocycles. The topological polar surface area (TPSA) is 45.2 Å². The molecule has 1 aromatic heterocycles. The average Bonchev–Trinajstić information content (AvgIpc) is 2.62. The van der Waals surface area contributed by atoms with E-state index in [4.69, 9.17) is 4.98 Å². The Labute approximate surface area is 143 Å². The van der Waals surface area contributed by atoms with Gasteiger partial charge in [0.05, 0.1) is 17.7 Å². The van der Waals surface area contributed by atoms with Crippen molar-refractivity contribution in [1.29, 1.82) is 0 Å². The van der Waals surface area contributed by atoms with Crippen LogP contribution >= 0.6 is 0 Å². The number of aryl methyl sites for hydroxylation is 1. The monoisotopic (exact) mass is 323 g/mol. The van der Waals surface area contributed by atoms with Crippen molar-refractivity contribution in [2.24, 2.45) is 0 Å². The predicted octanol–water partition coefficient (Wildman–Crippen LogP) is 3.54. The zero-order valence-corrected chi connectivity index (χ0v) is 14.2. The molecule has 0 radical (unpaired) electrons. The van der Waals surface area contributed by atoms with Gasteiger partial charge in [-0.3, -0.25) is 14.7 Å². The summed E-state index contributed by atoms with van der Waals surface area (Å²) in [5, 5.41) is 4.31. The number of carbonyl (C=O) groups is 1. The van der Waals surface area contributed by atoms with Gasteiger partial charge >= 0.3 is 0 Å². The van der Waals surface area contributed by atoms with E-state index in [1.807, 2.05) is 18.2 Å². The van der Waals surface area contributed by atoms with Gasteiger partial charge in [-0.15, -0.1) is 0 Å². The van der Waals surface area contributed by atoms with E-state index >= 15 is 0 Å². The summed E-state index contributed by atoms with van der Waals surface area (Å²) in [6.45, 7) is 2.59. The molecule has 0 saturated carbocycles. The van der Waals surface area contributed by atoms with Crippen LogP contribution in [0.4, 0.5) is 5.69 Å². The van der Waals surface area contributed by atoms with Gasteiger partial charge in [-0.05, 0) is 63.2 Å². The highest BCUT2D eigenvalue weighted by molar-refractivity contribution is 6.03. The fourth-order valence-corrected chi connectivity index (χ4v) is 4.01. The van der Waals surface area contributed by atoms with Crippen LogP contribution in [0.2, 0.25) is 0 Å². The smallest absolute Gasteiger partial charge is 0.238 e. The second kappa shape index (κ2) is 6.89. The summed E-state index contributed by atoms with van der Waals surface area (Å²) >= 11 is 0. The number of nitrogens with one attached hydrogen (secondary N) is 1. The Morgan fingerprint density at radius 2 is 1.83 bits per heavy atom. The molecule has 2 aliphatic rings. The van der Waals surface area contributed by atoms with E-state index in [2.05, 4.69) is 16.3 Å². The first-order valence-corrected chi connectivity index (χ1v) is 9.24. The minimum atomic E-state index is 0.112. The first kappa shape index (κ1) is 15.6. The lowest BCUT2D eigenvalue weighted by molar-refractivity contribution is -0.117. The molecule has 1 N–H and O–H groups in total. The van der Waals surface area contributed by atoms with Crippen molar-refractivity contribution in [3.8, 4) is 0 Å². The maximum atomic E-state index is 12.6. The zero-order valence-electron chi connectivity index (χ0n) is 14.2. The van der Waals surface area contributed by atoms with Crippen LogP contribution in [0.15, 0.2) is 24.3 Å². The molecule has 4 heteroatoms. The van der Waals surface area contributed by atoms with Gasteiger partial charge in [0, 0.05) is 11.1 Å². The van der Waals surface area contributed by atoms with Crippen molar-refractivity contribution in [2.75, 3.05) is 25.0 Å². The van der Waals surface area contributed by atoms with E-state index in [9.17, 15) is 4.79 Å². The zero-order chi connectivity index (χ0) is 16.4. The van der Waals surface area contributed by atoms with E-state index < -0.39 is 0 Å². The predicted molar refractivity (Wildman–Crippen MR) is 97.3 cm³/mol. The number of hydrogen-bond donors (Lipinski definition) is 1. The number of para-hydroxylation sites is 1. The van der Waals surface area contributed by atoms with Gasteiger partial charge in [-0.2, -0.15) is 0 Å². The van der Waals surface area contributed by atoms with Crippen LogP contribution in [0, 0.1) is 0 Å². The van der Waals surface area contributed by atoms with Crippen LogP contribution in [-0.2, 0) is 17.6 Å². The Morgan fingerprint density at radius 1 is 1.04 bits per heavy atom. The molecular formula is C20H25N3O. The molecule has 1 aliphatic carbocycles. The van der Waals surface area contributed by atoms with Gasteiger partial charge in [-0.1, -0.05) is 24.6 Å². The standard InChI is InChI=1S/C20H25N3O/c24-19(14-23-12-6-1-7-13-23)22-20-15-8-2-4-10-17(15)21-18-11-5-3-9-16(18)20/h2,4,8,10H,1,3,5-7,9,11-14H2,(H,21,22,24). The third kappa shape index (κ3) is 3.16. The number of piperidine rings is 1. The third-order valence-corrected chi connectivity index (χ3v) is 5.25. The van der Waals surface area contributed by atoms with Crippen molar-refractivity contribution in [3.05, 3.63) is 35.5 Å². The number of rotatable bonds is 3. The van der Waals surface area contributed by atoms with Crippen molar-refractivity contribution in [3.63, 3.8) is 0 Å². The highest BCUT2D eigenvalue weighted by Gasteiger charge is 2.20. The number of aromatic nitrogens is 1. The fourth-order valence-electron chi connectivity index (χ4n) is 4.01. The second-order valence-corrected chi connectivity index (χ2v) is 7.02. The fraction of sp³-hybridized carbons (Fsp3) is 0.500. The Morgan fingerprint density at radius 3 is 2.71 bits per heavy atom. The van der Waals surface area contributed by atoms with E-state index in [0.29, 0.717) is 6.54 Å². The number of hydrogen-bond acceptors (Lipinski definition) is 3. The molecule has 126 valence electrons. The van der Waals surface area contributed by atoms with E-state index in [0.717, 1.165) is 42.5 Å². The number of anilines is 1. The van der Waals surface area contributed by atoms with E-state index in [1.165, 1.54) is 43.4 Å². The molecule has 2 aromatic rings. The Kier molecular flexibility index (Phi) is 4.48. The molecule has 1 amide bonds. The number of nitrogens with zero attached hydrogens (tertiary/aromatic N) is 2. The van der Waals surface area contributed by atoms with Crippen LogP contribution in [-0.4, -0.2) is 35.4 Å². The molecule has 0 spiro atoms. The molecule has 1 aromatic carbocycles. The summed E-state index contributed by atoms with van der Waals surface area (Å²) in [5.41, 5.74) is 4.43. The highest BCUT2D eigenvalue weighted by atomic mass is 16.2. The maximum Gasteiger partial charge on any atom is 0.238 e. The maximum absolute atomic E-state index is 12.6. The average molecular weight is 323 g/mol. The van der Waals surface area contributed by atoms with Crippen molar-refractivity contribution < 1.29 is 4.79 Å². The highest BCUT2D eigenvalue weighted by Crippen LogP contribution is 2.33. The molecule has 0 atom stereocenters. The van der Waals surface area contributed by atoms with Gasteiger partial charge in [0.25, 0.3) is 0 Å². The molecule has 1 saturated heterocycles. The number of likely N-dealkylation sites (tertiary alicyclic amines) is 1. The Balaban J connectivity index is 1.63. The molecule has 0 bridgehead atoms. The Bertz CT molecular complexity index is 750. The Hall–Kier alpha value is -1.94. The molecule has 0 unspecified atom stereocenters. The SMILES string of the molecule is O=C(CN1CCCCC1)Nc1c2c(nc3ccccc13)CCCC2. The summed E-state index contributed by atoms with van der Waals surface area (Å²) in [4.78, 5) is 19.7. The number of benzene rings is 1. The molecule has 4 nitrogen and oxygen atoms in total. The first-order valence-electron chi connectivity index (χ1n) is 9.24. The first-order chi connectivity index (χ1) is 11.8. The van der Waals surface area contributed by atoms with Gasteiger partial charge < -0.3 is 5.32 Å². The van der Waals surface area contributed by atoms with Crippen molar-refractivity contribution >= 4 is 22.5 Å². The molecular weight excluding hydrogens is 298 g/mol. The summed E-state index contributed by atoms with van der Waals surface area (Å²) in [7, 11) is 0. The van der Waals surface area contributed by atoms with E-state index in [-0.39, 0.29) is 5.91 Å². The third-order valence-electron chi connectivity index (χ3n) is 5.25. The van der Waals surface area contributed by atoms with Crippen LogP contribution in [0.25, 0.3) is 10.9 Å². The van der Waals surface area contributed by atoms with Crippen molar-refractivity contribution in [1.82, 2.24) is 9.88 Å². The summed E-state index contributed by atoms with van der Waals surface area (Å²) in [6.07, 6.45) is 8.13. The second-order valence-electron chi connectivity index (χ2n) is 7.02. The normalized spacial score (nSPS) is 18.3. The minimum absolute atomic E-state index is 0.112. The summed E-state index contributed by atoms with van der Waals surface area (Å²) < 4.78 is 0. The molecule has 24 heavy (non-hydrogen) atoms. The largest absolute Gasteiger partial charge is 0.324 e. The van der Waals surface area contributed by atoms with Crippen LogP contribution < -0.4 is 5.32 Å². The molecule has 1 aliphatic heterocycles. The lowest BCUT2D eigenvalue weighted by Gasteiger charge is -2.26. The van der Waals surface area contributed by atoms with Gasteiger partial charge in [0.15, 0.2) is 0 Å². The lowest BCUT2D eigenvalue weighted by Crippen LogP contribution is -2.37. The number of pyridine rings is 1. The summed E-state index contributed by atoms with van der Waals surface area (Å²) in [5.74, 6) is 0.112.